The van der Waals surface area contributed by atoms with Gasteiger partial charge in [0, 0.05) is 17.5 Å². The number of aryl methyl sites for hydroxylation is 1. The Balaban J connectivity index is 1.42. The topological polar surface area (TPSA) is 72.8 Å². The SMILES string of the molecule is O=C(O)CCc1ccc(OCCOc2ccc(C(=O)c3ccccc3)cc2)cc1. The molecule has 0 aromatic heterocycles. The van der Waals surface area contributed by atoms with Crippen molar-refractivity contribution in [3.8, 4) is 11.5 Å². The first-order valence-electron chi connectivity index (χ1n) is 9.38. The molecule has 0 saturated heterocycles. The molecule has 0 unspecified atom stereocenters. The summed E-state index contributed by atoms with van der Waals surface area (Å²) in [5.41, 5.74) is 2.23. The number of hydrogen-bond acceptors (Lipinski definition) is 4. The number of carbonyl (C=O) groups excluding carboxylic acids is 1. The van der Waals surface area contributed by atoms with Crippen LogP contribution in [0.2, 0.25) is 0 Å². The highest BCUT2D eigenvalue weighted by Gasteiger charge is 2.08. The number of carbonyl (C=O) groups is 2. The summed E-state index contributed by atoms with van der Waals surface area (Å²) in [5, 5.41) is 8.71. The maximum absolute atomic E-state index is 12.4. The molecule has 0 radical (unpaired) electrons. The smallest absolute Gasteiger partial charge is 0.303 e. The van der Waals surface area contributed by atoms with Gasteiger partial charge in [-0.2, -0.15) is 0 Å². The second kappa shape index (κ2) is 10.1. The molecule has 1 N–H and O–H groups in total. The van der Waals surface area contributed by atoms with Gasteiger partial charge in [-0.15, -0.1) is 0 Å². The highest BCUT2D eigenvalue weighted by atomic mass is 16.5. The number of rotatable bonds is 10. The molecule has 3 rings (SSSR count). The van der Waals surface area contributed by atoms with Crippen molar-refractivity contribution in [1.29, 1.82) is 0 Å². The van der Waals surface area contributed by atoms with Gasteiger partial charge in [-0.1, -0.05) is 42.5 Å². The summed E-state index contributed by atoms with van der Waals surface area (Å²) in [7, 11) is 0. The molecule has 0 aliphatic rings. The minimum atomic E-state index is -0.806. The lowest BCUT2D eigenvalue weighted by atomic mass is 10.0. The van der Waals surface area contributed by atoms with Crippen molar-refractivity contribution in [3.63, 3.8) is 0 Å². The molecular weight excluding hydrogens is 368 g/mol. The Morgan fingerprint density at radius 3 is 1.76 bits per heavy atom. The van der Waals surface area contributed by atoms with Crippen molar-refractivity contribution < 1.29 is 24.2 Å². The van der Waals surface area contributed by atoms with Gasteiger partial charge in [0.2, 0.25) is 0 Å². The first kappa shape index (κ1) is 20.1. The molecule has 0 heterocycles. The van der Waals surface area contributed by atoms with Gasteiger partial charge in [0.1, 0.15) is 24.7 Å². The van der Waals surface area contributed by atoms with Gasteiger partial charge in [-0.3, -0.25) is 9.59 Å². The number of ether oxygens (including phenoxy) is 2. The summed E-state index contributed by atoms with van der Waals surface area (Å²) in [6.07, 6.45) is 0.616. The molecule has 0 amide bonds. The van der Waals surface area contributed by atoms with E-state index in [1.807, 2.05) is 42.5 Å². The van der Waals surface area contributed by atoms with E-state index < -0.39 is 5.97 Å². The fourth-order valence-electron chi connectivity index (χ4n) is 2.78. The first-order chi connectivity index (χ1) is 14.1. The summed E-state index contributed by atoms with van der Waals surface area (Å²) in [6.45, 7) is 0.742. The average Bonchev–Trinajstić information content (AvgIpc) is 2.76. The second-order valence-electron chi connectivity index (χ2n) is 6.45. The molecule has 3 aromatic rings. The van der Waals surface area contributed by atoms with Crippen LogP contribution >= 0.6 is 0 Å². The van der Waals surface area contributed by atoms with Gasteiger partial charge in [-0.05, 0) is 48.4 Å². The minimum absolute atomic E-state index is 0.0210. The van der Waals surface area contributed by atoms with Gasteiger partial charge in [0.25, 0.3) is 0 Å². The third-order valence-electron chi connectivity index (χ3n) is 4.32. The van der Waals surface area contributed by atoms with E-state index in [9.17, 15) is 9.59 Å². The standard InChI is InChI=1S/C24H22O5/c25-23(26)15-8-18-6-11-21(12-7-18)28-16-17-29-22-13-9-20(10-14-22)24(27)19-4-2-1-3-5-19/h1-7,9-14H,8,15-17H2,(H,25,26). The van der Waals surface area contributed by atoms with Crippen LogP contribution in [0.25, 0.3) is 0 Å². The number of benzene rings is 3. The molecule has 5 nitrogen and oxygen atoms in total. The van der Waals surface area contributed by atoms with Crippen molar-refractivity contribution >= 4 is 11.8 Å². The Hall–Kier alpha value is -3.60. The molecule has 0 fully saturated rings. The Bertz CT molecular complexity index is 931. The lowest BCUT2D eigenvalue weighted by Gasteiger charge is -2.09. The van der Waals surface area contributed by atoms with E-state index in [1.165, 1.54) is 0 Å². The quantitative estimate of drug-likeness (QED) is 0.410. The molecule has 29 heavy (non-hydrogen) atoms. The van der Waals surface area contributed by atoms with Crippen LogP contribution in [0.5, 0.6) is 11.5 Å². The van der Waals surface area contributed by atoms with E-state index >= 15 is 0 Å². The van der Waals surface area contributed by atoms with Gasteiger partial charge in [0.15, 0.2) is 5.78 Å². The zero-order chi connectivity index (χ0) is 20.5. The van der Waals surface area contributed by atoms with Crippen LogP contribution in [0.1, 0.15) is 27.9 Å². The lowest BCUT2D eigenvalue weighted by Crippen LogP contribution is -2.09. The third kappa shape index (κ3) is 6.21. The lowest BCUT2D eigenvalue weighted by molar-refractivity contribution is -0.136. The molecule has 0 spiro atoms. The van der Waals surface area contributed by atoms with Crippen molar-refractivity contribution in [2.75, 3.05) is 13.2 Å². The van der Waals surface area contributed by atoms with E-state index in [4.69, 9.17) is 14.6 Å². The number of carboxylic acids is 1. The van der Waals surface area contributed by atoms with Crippen LogP contribution in [0.3, 0.4) is 0 Å². The van der Waals surface area contributed by atoms with E-state index in [0.717, 1.165) is 5.56 Å². The first-order valence-corrected chi connectivity index (χ1v) is 9.38. The zero-order valence-electron chi connectivity index (χ0n) is 15.9. The van der Waals surface area contributed by atoms with Crippen LogP contribution in [-0.2, 0) is 11.2 Å². The molecule has 0 bridgehead atoms. The number of aliphatic carboxylic acids is 1. The van der Waals surface area contributed by atoms with Crippen molar-refractivity contribution in [3.05, 3.63) is 95.6 Å². The largest absolute Gasteiger partial charge is 0.490 e. The molecule has 0 saturated carbocycles. The van der Waals surface area contributed by atoms with Gasteiger partial charge in [-0.25, -0.2) is 0 Å². The average molecular weight is 390 g/mol. The van der Waals surface area contributed by atoms with E-state index in [0.29, 0.717) is 42.3 Å². The molecule has 0 atom stereocenters. The maximum Gasteiger partial charge on any atom is 0.303 e. The molecular formula is C24H22O5. The summed E-state index contributed by atoms with van der Waals surface area (Å²) in [4.78, 5) is 23.0. The van der Waals surface area contributed by atoms with Crippen LogP contribution in [-0.4, -0.2) is 30.1 Å². The Morgan fingerprint density at radius 1 is 0.690 bits per heavy atom. The molecule has 3 aromatic carbocycles. The van der Waals surface area contributed by atoms with Crippen molar-refractivity contribution in [2.24, 2.45) is 0 Å². The number of ketones is 1. The number of hydrogen-bond donors (Lipinski definition) is 1. The van der Waals surface area contributed by atoms with Crippen LogP contribution in [0.15, 0.2) is 78.9 Å². The molecule has 148 valence electrons. The zero-order valence-corrected chi connectivity index (χ0v) is 15.9. The summed E-state index contributed by atoms with van der Waals surface area (Å²) in [5.74, 6) is 0.547. The van der Waals surface area contributed by atoms with Gasteiger partial charge >= 0.3 is 5.97 Å². The van der Waals surface area contributed by atoms with E-state index in [2.05, 4.69) is 0 Å². The van der Waals surface area contributed by atoms with Gasteiger partial charge in [0.05, 0.1) is 0 Å². The van der Waals surface area contributed by atoms with E-state index in [1.54, 1.807) is 36.4 Å². The van der Waals surface area contributed by atoms with Gasteiger partial charge < -0.3 is 14.6 Å². The molecule has 0 aliphatic heterocycles. The molecule has 5 heteroatoms. The summed E-state index contributed by atoms with van der Waals surface area (Å²) in [6, 6.07) is 23.6. The predicted molar refractivity (Wildman–Crippen MR) is 110 cm³/mol. The maximum atomic E-state index is 12.4. The fraction of sp³-hybridized carbons (Fsp3) is 0.167. The highest BCUT2D eigenvalue weighted by molar-refractivity contribution is 6.08. The Morgan fingerprint density at radius 2 is 1.21 bits per heavy atom. The minimum Gasteiger partial charge on any atom is -0.490 e. The van der Waals surface area contributed by atoms with Crippen LogP contribution in [0, 0.1) is 0 Å². The van der Waals surface area contributed by atoms with Crippen LogP contribution in [0.4, 0.5) is 0 Å². The number of carboxylic acid groups (broad SMARTS) is 1. The van der Waals surface area contributed by atoms with Crippen molar-refractivity contribution in [2.45, 2.75) is 12.8 Å². The van der Waals surface area contributed by atoms with Crippen LogP contribution < -0.4 is 9.47 Å². The monoisotopic (exact) mass is 390 g/mol. The Labute approximate surface area is 169 Å². The second-order valence-corrected chi connectivity index (χ2v) is 6.45. The summed E-state index contributed by atoms with van der Waals surface area (Å²) >= 11 is 0. The highest BCUT2D eigenvalue weighted by Crippen LogP contribution is 2.16. The predicted octanol–water partition coefficient (Wildman–Crippen LogP) is 4.39. The van der Waals surface area contributed by atoms with Crippen molar-refractivity contribution in [1.82, 2.24) is 0 Å². The fourth-order valence-corrected chi connectivity index (χ4v) is 2.78. The third-order valence-corrected chi connectivity index (χ3v) is 4.32. The Kier molecular flexibility index (Phi) is 7.00. The summed E-state index contributed by atoms with van der Waals surface area (Å²) < 4.78 is 11.3. The molecule has 0 aliphatic carbocycles. The normalized spacial score (nSPS) is 10.3. The van der Waals surface area contributed by atoms with E-state index in [-0.39, 0.29) is 12.2 Å².